The summed E-state index contributed by atoms with van der Waals surface area (Å²) in [6.07, 6.45) is 0. The number of carbonyl (C=O) groups is 1. The molecule has 2 N–H and O–H groups in total. The smallest absolute Gasteiger partial charge is 0.282 e. The lowest BCUT2D eigenvalue weighted by Gasteiger charge is -2.36. The summed E-state index contributed by atoms with van der Waals surface area (Å²) in [5.74, 6) is -0.360. The van der Waals surface area contributed by atoms with E-state index in [0.717, 1.165) is 26.2 Å². The van der Waals surface area contributed by atoms with E-state index >= 15 is 0 Å². The summed E-state index contributed by atoms with van der Waals surface area (Å²) in [6, 6.07) is 15.0. The molecule has 5 heteroatoms. The second-order valence-corrected chi connectivity index (χ2v) is 6.66. The number of quaternary nitrogens is 1. The van der Waals surface area contributed by atoms with E-state index in [9.17, 15) is 9.18 Å². The van der Waals surface area contributed by atoms with E-state index in [1.54, 1.807) is 19.1 Å². The summed E-state index contributed by atoms with van der Waals surface area (Å²) < 4.78 is 13.6. The minimum atomic E-state index is -0.297. The van der Waals surface area contributed by atoms with Crippen molar-refractivity contribution < 1.29 is 14.1 Å². The number of halogens is 1. The van der Waals surface area contributed by atoms with Crippen molar-refractivity contribution in [3.05, 3.63) is 59.9 Å². The van der Waals surface area contributed by atoms with E-state index < -0.39 is 0 Å². The summed E-state index contributed by atoms with van der Waals surface area (Å²) in [6.45, 7) is 7.32. The van der Waals surface area contributed by atoms with Crippen molar-refractivity contribution in [1.29, 1.82) is 0 Å². The Morgan fingerprint density at radius 3 is 2.48 bits per heavy atom. The fourth-order valence-corrected chi connectivity index (χ4v) is 3.23. The zero-order chi connectivity index (χ0) is 17.8. The molecule has 3 rings (SSSR count). The summed E-state index contributed by atoms with van der Waals surface area (Å²) >= 11 is 0. The molecule has 25 heavy (non-hydrogen) atoms. The van der Waals surface area contributed by atoms with E-state index in [2.05, 4.69) is 22.3 Å². The molecule has 2 aromatic rings. The Morgan fingerprint density at radius 1 is 1.16 bits per heavy atom. The average molecular weight is 342 g/mol. The second-order valence-electron chi connectivity index (χ2n) is 6.66. The van der Waals surface area contributed by atoms with Crippen LogP contribution in [-0.2, 0) is 4.79 Å². The van der Waals surface area contributed by atoms with Crippen LogP contribution < -0.4 is 15.1 Å². The third-order valence-corrected chi connectivity index (χ3v) is 4.97. The van der Waals surface area contributed by atoms with Gasteiger partial charge in [-0.1, -0.05) is 24.3 Å². The summed E-state index contributed by atoms with van der Waals surface area (Å²) in [4.78, 5) is 16.1. The van der Waals surface area contributed by atoms with Crippen LogP contribution in [0.1, 0.15) is 12.5 Å². The lowest BCUT2D eigenvalue weighted by Crippen LogP contribution is -3.19. The fraction of sp³-hybridized carbons (Fsp3) is 0.350. The first-order valence-corrected chi connectivity index (χ1v) is 8.76. The molecule has 0 aromatic heterocycles. The number of nitrogens with zero attached hydrogens (tertiary/aromatic N) is 1. The molecule has 1 amide bonds. The van der Waals surface area contributed by atoms with Crippen LogP contribution in [0.5, 0.6) is 0 Å². The molecule has 1 fully saturated rings. The minimum absolute atomic E-state index is 0.0635. The Labute approximate surface area is 148 Å². The van der Waals surface area contributed by atoms with Crippen LogP contribution in [0.25, 0.3) is 0 Å². The SMILES string of the molecule is Cc1ccc(NC(=O)[C@@H](C)[NH+]2CCN(c3ccccc3)CC2)cc1F. The molecule has 4 nitrogen and oxygen atoms in total. The van der Waals surface area contributed by atoms with Gasteiger partial charge in [-0.3, -0.25) is 4.79 Å². The molecule has 1 saturated heterocycles. The average Bonchev–Trinajstić information content (AvgIpc) is 2.65. The van der Waals surface area contributed by atoms with Gasteiger partial charge >= 0.3 is 0 Å². The number of piperazine rings is 1. The highest BCUT2D eigenvalue weighted by atomic mass is 19.1. The lowest BCUT2D eigenvalue weighted by atomic mass is 10.1. The van der Waals surface area contributed by atoms with Gasteiger partial charge in [-0.15, -0.1) is 0 Å². The van der Waals surface area contributed by atoms with Crippen molar-refractivity contribution >= 4 is 17.3 Å². The van der Waals surface area contributed by atoms with Crippen molar-refractivity contribution in [3.63, 3.8) is 0 Å². The molecule has 0 bridgehead atoms. The quantitative estimate of drug-likeness (QED) is 0.890. The van der Waals surface area contributed by atoms with E-state index in [1.807, 2.05) is 25.1 Å². The van der Waals surface area contributed by atoms with Crippen molar-refractivity contribution in [1.82, 2.24) is 0 Å². The van der Waals surface area contributed by atoms with E-state index in [0.29, 0.717) is 11.3 Å². The standard InChI is InChI=1S/C20H24FN3O/c1-15-8-9-17(14-19(15)21)22-20(25)16(2)23-10-12-24(13-11-23)18-6-4-3-5-7-18/h3-9,14,16H,10-13H2,1-2H3,(H,22,25)/p+1/t16-/m1/s1. The summed E-state index contributed by atoms with van der Waals surface area (Å²) in [5.41, 5.74) is 2.32. The molecule has 0 saturated carbocycles. The Morgan fingerprint density at radius 2 is 1.84 bits per heavy atom. The van der Waals surface area contributed by atoms with Gasteiger partial charge in [0.1, 0.15) is 5.82 Å². The van der Waals surface area contributed by atoms with Crippen molar-refractivity contribution in [3.8, 4) is 0 Å². The Hall–Kier alpha value is -2.40. The third-order valence-electron chi connectivity index (χ3n) is 4.97. The number of aryl methyl sites for hydroxylation is 1. The first kappa shape index (κ1) is 17.4. The van der Waals surface area contributed by atoms with Gasteiger partial charge in [0.25, 0.3) is 5.91 Å². The van der Waals surface area contributed by atoms with Crippen molar-refractivity contribution in [2.75, 3.05) is 36.4 Å². The van der Waals surface area contributed by atoms with Crippen molar-refractivity contribution in [2.45, 2.75) is 19.9 Å². The van der Waals surface area contributed by atoms with Gasteiger partial charge in [0, 0.05) is 11.4 Å². The van der Waals surface area contributed by atoms with Gasteiger partial charge in [-0.05, 0) is 43.7 Å². The number of amides is 1. The highest BCUT2D eigenvalue weighted by Crippen LogP contribution is 2.14. The van der Waals surface area contributed by atoms with Crippen LogP contribution in [0.15, 0.2) is 48.5 Å². The molecule has 1 aliphatic heterocycles. The highest BCUT2D eigenvalue weighted by molar-refractivity contribution is 5.93. The number of carbonyl (C=O) groups excluding carboxylic acids is 1. The Kier molecular flexibility index (Phi) is 5.34. The normalized spacial score (nSPS) is 16.5. The maximum absolute atomic E-state index is 13.6. The van der Waals surface area contributed by atoms with Gasteiger partial charge in [-0.2, -0.15) is 0 Å². The first-order chi connectivity index (χ1) is 12.0. The zero-order valence-electron chi connectivity index (χ0n) is 14.8. The minimum Gasteiger partial charge on any atom is -0.360 e. The molecular formula is C20H25FN3O+. The molecule has 0 aliphatic carbocycles. The maximum Gasteiger partial charge on any atom is 0.282 e. The number of rotatable bonds is 4. The van der Waals surface area contributed by atoms with Crippen LogP contribution in [-0.4, -0.2) is 38.1 Å². The number of nitrogens with one attached hydrogen (secondary N) is 2. The number of hydrogen-bond donors (Lipinski definition) is 2. The largest absolute Gasteiger partial charge is 0.360 e. The Bertz CT molecular complexity index is 727. The van der Waals surface area contributed by atoms with E-state index in [-0.39, 0.29) is 17.8 Å². The third kappa shape index (κ3) is 4.17. The molecule has 0 spiro atoms. The van der Waals surface area contributed by atoms with Crippen LogP contribution in [0.3, 0.4) is 0 Å². The van der Waals surface area contributed by atoms with Gasteiger partial charge in [0.15, 0.2) is 6.04 Å². The van der Waals surface area contributed by atoms with E-state index in [1.165, 1.54) is 16.7 Å². The van der Waals surface area contributed by atoms with Crippen molar-refractivity contribution in [2.24, 2.45) is 0 Å². The molecule has 1 atom stereocenters. The Balaban J connectivity index is 1.55. The topological polar surface area (TPSA) is 36.8 Å². The molecule has 2 aromatic carbocycles. The predicted octanol–water partition coefficient (Wildman–Crippen LogP) is 1.87. The molecule has 0 radical (unpaired) electrons. The molecule has 1 heterocycles. The maximum atomic E-state index is 13.6. The number of benzene rings is 2. The fourth-order valence-electron chi connectivity index (χ4n) is 3.23. The first-order valence-electron chi connectivity index (χ1n) is 8.76. The zero-order valence-corrected chi connectivity index (χ0v) is 14.8. The number of hydrogen-bond acceptors (Lipinski definition) is 2. The van der Waals surface area contributed by atoms with Gasteiger partial charge in [-0.25, -0.2) is 4.39 Å². The van der Waals surface area contributed by atoms with Crippen LogP contribution in [0.2, 0.25) is 0 Å². The van der Waals surface area contributed by atoms with Gasteiger partial charge in [0.05, 0.1) is 26.2 Å². The van der Waals surface area contributed by atoms with Crippen LogP contribution in [0.4, 0.5) is 15.8 Å². The summed E-state index contributed by atoms with van der Waals surface area (Å²) in [5, 5.41) is 2.84. The van der Waals surface area contributed by atoms with Gasteiger partial charge in [0.2, 0.25) is 0 Å². The molecular weight excluding hydrogens is 317 g/mol. The van der Waals surface area contributed by atoms with E-state index in [4.69, 9.17) is 0 Å². The monoisotopic (exact) mass is 342 g/mol. The number of anilines is 2. The van der Waals surface area contributed by atoms with Crippen LogP contribution in [0, 0.1) is 12.7 Å². The summed E-state index contributed by atoms with van der Waals surface area (Å²) in [7, 11) is 0. The second kappa shape index (κ2) is 7.66. The predicted molar refractivity (Wildman–Crippen MR) is 98.6 cm³/mol. The van der Waals surface area contributed by atoms with Crippen LogP contribution >= 0.6 is 0 Å². The molecule has 132 valence electrons. The molecule has 0 unspecified atom stereocenters. The molecule has 1 aliphatic rings. The highest BCUT2D eigenvalue weighted by Gasteiger charge is 2.29. The van der Waals surface area contributed by atoms with Gasteiger partial charge < -0.3 is 15.1 Å². The number of para-hydroxylation sites is 1. The lowest BCUT2D eigenvalue weighted by molar-refractivity contribution is -0.914.